The predicted octanol–water partition coefficient (Wildman–Crippen LogP) is 2.15. The Balaban J connectivity index is 1.68. The quantitative estimate of drug-likeness (QED) is 0.891. The van der Waals surface area contributed by atoms with E-state index in [1.165, 1.54) is 0 Å². The van der Waals surface area contributed by atoms with Crippen molar-refractivity contribution in [3.05, 3.63) is 35.4 Å². The minimum absolute atomic E-state index is 0.133. The van der Waals surface area contributed by atoms with E-state index in [2.05, 4.69) is 11.0 Å². The van der Waals surface area contributed by atoms with Gasteiger partial charge in [-0.2, -0.15) is 5.26 Å². The van der Waals surface area contributed by atoms with Gasteiger partial charge in [-0.15, -0.1) is 0 Å². The van der Waals surface area contributed by atoms with Crippen LogP contribution in [0.25, 0.3) is 0 Å². The van der Waals surface area contributed by atoms with Crippen molar-refractivity contribution in [1.82, 2.24) is 9.80 Å². The molecule has 0 aromatic heterocycles. The van der Waals surface area contributed by atoms with Crippen molar-refractivity contribution in [1.29, 1.82) is 5.26 Å². The number of aliphatic hydroxyl groups excluding tert-OH is 1. The van der Waals surface area contributed by atoms with E-state index in [0.29, 0.717) is 19.4 Å². The molecule has 1 aromatic rings. The number of hydrogen-bond acceptors (Lipinski definition) is 4. The molecule has 2 aliphatic rings. The molecule has 0 saturated carbocycles. The Labute approximate surface area is 149 Å². The topological polar surface area (TPSA) is 67.6 Å². The second kappa shape index (κ2) is 7.99. The van der Waals surface area contributed by atoms with Crippen molar-refractivity contribution in [3.8, 4) is 6.07 Å². The normalized spacial score (nSPS) is 24.5. The first-order valence-corrected chi connectivity index (χ1v) is 9.25. The smallest absolute Gasteiger partial charge is 0.222 e. The number of carbonyl (C=O) groups excluding carboxylic acids is 1. The largest absolute Gasteiger partial charge is 0.396 e. The van der Waals surface area contributed by atoms with Crippen LogP contribution in [0.1, 0.15) is 43.2 Å². The van der Waals surface area contributed by atoms with Crippen LogP contribution in [0.4, 0.5) is 0 Å². The van der Waals surface area contributed by atoms with Gasteiger partial charge in [-0.05, 0) is 43.9 Å². The van der Waals surface area contributed by atoms with E-state index in [-0.39, 0.29) is 17.9 Å². The molecule has 1 N–H and O–H groups in total. The zero-order chi connectivity index (χ0) is 17.7. The molecule has 1 amide bonds. The maximum absolute atomic E-state index is 12.2. The molecule has 1 atom stereocenters. The molecule has 134 valence electrons. The molecular formula is C20H27N3O2. The molecular weight excluding hydrogens is 314 g/mol. The van der Waals surface area contributed by atoms with Crippen molar-refractivity contribution >= 4 is 5.91 Å². The molecule has 2 fully saturated rings. The number of aliphatic hydroxyl groups is 1. The van der Waals surface area contributed by atoms with E-state index in [1.54, 1.807) is 0 Å². The highest BCUT2D eigenvalue weighted by atomic mass is 16.3. The average molecular weight is 341 g/mol. The highest BCUT2D eigenvalue weighted by Gasteiger charge is 2.41. The molecule has 2 aliphatic heterocycles. The number of amides is 1. The van der Waals surface area contributed by atoms with Crippen LogP contribution in [0.15, 0.2) is 24.3 Å². The predicted molar refractivity (Wildman–Crippen MR) is 95.6 cm³/mol. The van der Waals surface area contributed by atoms with Gasteiger partial charge in [0.2, 0.25) is 5.91 Å². The zero-order valence-electron chi connectivity index (χ0n) is 14.8. The van der Waals surface area contributed by atoms with Crippen LogP contribution in [-0.4, -0.2) is 53.6 Å². The van der Waals surface area contributed by atoms with Gasteiger partial charge in [-0.25, -0.2) is 0 Å². The molecule has 2 heterocycles. The molecule has 2 saturated heterocycles. The van der Waals surface area contributed by atoms with Gasteiger partial charge in [0.05, 0.1) is 11.6 Å². The molecule has 5 nitrogen and oxygen atoms in total. The first-order valence-electron chi connectivity index (χ1n) is 9.25. The molecule has 5 heteroatoms. The summed E-state index contributed by atoms with van der Waals surface area (Å²) in [4.78, 5) is 16.6. The highest BCUT2D eigenvalue weighted by molar-refractivity contribution is 5.77. The lowest BCUT2D eigenvalue weighted by molar-refractivity contribution is -0.139. The number of likely N-dealkylation sites (tertiary alicyclic amines) is 2. The summed E-state index contributed by atoms with van der Waals surface area (Å²) in [5.41, 5.74) is 2.01. The summed E-state index contributed by atoms with van der Waals surface area (Å²) in [6.45, 7) is 4.43. The number of benzene rings is 1. The molecule has 1 unspecified atom stereocenters. The third-order valence-electron chi connectivity index (χ3n) is 5.61. The summed E-state index contributed by atoms with van der Waals surface area (Å²) in [7, 11) is 0. The fraction of sp³-hybridized carbons (Fsp3) is 0.600. The molecule has 1 aromatic carbocycles. The molecule has 1 spiro atoms. The Kier molecular flexibility index (Phi) is 5.72. The minimum Gasteiger partial charge on any atom is -0.396 e. The summed E-state index contributed by atoms with van der Waals surface area (Å²) in [5, 5.41) is 18.4. The van der Waals surface area contributed by atoms with Gasteiger partial charge in [0, 0.05) is 44.6 Å². The van der Waals surface area contributed by atoms with E-state index in [4.69, 9.17) is 5.11 Å². The van der Waals surface area contributed by atoms with Gasteiger partial charge < -0.3 is 10.0 Å². The first kappa shape index (κ1) is 17.9. The van der Waals surface area contributed by atoms with Crippen molar-refractivity contribution in [3.63, 3.8) is 0 Å². The fourth-order valence-corrected chi connectivity index (χ4v) is 4.35. The number of carbonyl (C=O) groups is 1. The van der Waals surface area contributed by atoms with Crippen LogP contribution in [0.5, 0.6) is 0 Å². The molecule has 0 bridgehead atoms. The third-order valence-corrected chi connectivity index (χ3v) is 5.61. The number of piperidine rings is 2. The average Bonchev–Trinajstić information content (AvgIpc) is 2.63. The lowest BCUT2D eigenvalue weighted by Crippen LogP contribution is -2.54. The third kappa shape index (κ3) is 4.20. The van der Waals surface area contributed by atoms with Gasteiger partial charge >= 0.3 is 0 Å². The summed E-state index contributed by atoms with van der Waals surface area (Å²) < 4.78 is 0. The van der Waals surface area contributed by atoms with E-state index in [1.807, 2.05) is 29.2 Å². The lowest BCUT2D eigenvalue weighted by Gasteiger charge is -2.48. The summed E-state index contributed by atoms with van der Waals surface area (Å²) in [6, 6.07) is 10.1. The zero-order valence-corrected chi connectivity index (χ0v) is 14.8. The SMILES string of the molecule is N#Cc1ccccc1CN1CCCC2(CCC(=O)N(CCCO)C2)C1. The second-order valence-electron chi connectivity index (χ2n) is 7.48. The van der Waals surface area contributed by atoms with Crippen molar-refractivity contribution in [2.24, 2.45) is 5.41 Å². The maximum Gasteiger partial charge on any atom is 0.222 e. The maximum atomic E-state index is 12.2. The summed E-state index contributed by atoms with van der Waals surface area (Å²) >= 11 is 0. The van der Waals surface area contributed by atoms with Gasteiger partial charge in [0.1, 0.15) is 0 Å². The Morgan fingerprint density at radius 3 is 2.88 bits per heavy atom. The van der Waals surface area contributed by atoms with Crippen LogP contribution >= 0.6 is 0 Å². The first-order chi connectivity index (χ1) is 12.2. The minimum atomic E-state index is 0.133. The van der Waals surface area contributed by atoms with Crippen LogP contribution in [-0.2, 0) is 11.3 Å². The monoisotopic (exact) mass is 341 g/mol. The van der Waals surface area contributed by atoms with Gasteiger partial charge in [0.25, 0.3) is 0 Å². The number of nitrogens with zero attached hydrogens (tertiary/aromatic N) is 3. The fourth-order valence-electron chi connectivity index (χ4n) is 4.35. The van der Waals surface area contributed by atoms with Gasteiger partial charge in [0.15, 0.2) is 0 Å². The van der Waals surface area contributed by atoms with Gasteiger partial charge in [-0.1, -0.05) is 18.2 Å². The Bertz CT molecular complexity index is 655. The molecule has 3 rings (SSSR count). The van der Waals surface area contributed by atoms with Crippen molar-refractivity contribution in [2.45, 2.75) is 38.6 Å². The highest BCUT2D eigenvalue weighted by Crippen LogP contribution is 2.39. The van der Waals surface area contributed by atoms with Crippen molar-refractivity contribution < 1.29 is 9.90 Å². The Morgan fingerprint density at radius 2 is 2.08 bits per heavy atom. The molecule has 25 heavy (non-hydrogen) atoms. The van der Waals surface area contributed by atoms with Crippen LogP contribution < -0.4 is 0 Å². The van der Waals surface area contributed by atoms with Gasteiger partial charge in [-0.3, -0.25) is 9.69 Å². The van der Waals surface area contributed by atoms with Crippen LogP contribution in [0.3, 0.4) is 0 Å². The number of nitriles is 1. The van der Waals surface area contributed by atoms with Crippen LogP contribution in [0, 0.1) is 16.7 Å². The lowest BCUT2D eigenvalue weighted by atomic mass is 9.73. The Morgan fingerprint density at radius 1 is 1.24 bits per heavy atom. The standard InChI is InChI=1S/C20H27N3O2/c21-13-17-5-1-2-6-18(17)14-22-10-3-8-20(15-22)9-7-19(25)23(16-20)11-4-12-24/h1-2,5-6,24H,3-4,7-12,14-16H2. The summed E-state index contributed by atoms with van der Waals surface area (Å²) in [5.74, 6) is 0.228. The second-order valence-corrected chi connectivity index (χ2v) is 7.48. The Hall–Kier alpha value is -1.90. The van der Waals surface area contributed by atoms with E-state index < -0.39 is 0 Å². The number of rotatable bonds is 5. The summed E-state index contributed by atoms with van der Waals surface area (Å²) in [6.07, 6.45) is 4.52. The molecule has 0 radical (unpaired) electrons. The van der Waals surface area contributed by atoms with E-state index in [9.17, 15) is 10.1 Å². The number of hydrogen-bond donors (Lipinski definition) is 1. The van der Waals surface area contributed by atoms with Crippen molar-refractivity contribution in [2.75, 3.05) is 32.8 Å². The van der Waals surface area contributed by atoms with E-state index in [0.717, 1.165) is 56.6 Å². The van der Waals surface area contributed by atoms with E-state index >= 15 is 0 Å². The molecule has 0 aliphatic carbocycles. The van der Waals surface area contributed by atoms with Crippen LogP contribution in [0.2, 0.25) is 0 Å².